The first-order valence-electron chi connectivity index (χ1n) is 5.02. The molecule has 5 nitrogen and oxygen atoms in total. The highest BCUT2D eigenvalue weighted by Crippen LogP contribution is 2.24. The number of aryl methyl sites for hydroxylation is 1. The van der Waals surface area contributed by atoms with E-state index in [1.165, 1.54) is 12.3 Å². The van der Waals surface area contributed by atoms with Crippen LogP contribution in [0.25, 0.3) is 22.9 Å². The monoisotopic (exact) mass is 229 g/mol. The second-order valence-corrected chi connectivity index (χ2v) is 3.69. The molecule has 0 spiro atoms. The third kappa shape index (κ3) is 1.63. The summed E-state index contributed by atoms with van der Waals surface area (Å²) < 4.78 is 13.0. The van der Waals surface area contributed by atoms with Gasteiger partial charge in [-0.25, -0.2) is 14.4 Å². The van der Waals surface area contributed by atoms with Crippen LogP contribution in [0.2, 0.25) is 0 Å². The van der Waals surface area contributed by atoms with Crippen LogP contribution in [0.3, 0.4) is 0 Å². The van der Waals surface area contributed by atoms with Crippen molar-refractivity contribution in [2.24, 2.45) is 0 Å². The van der Waals surface area contributed by atoms with E-state index in [1.807, 2.05) is 6.92 Å². The van der Waals surface area contributed by atoms with E-state index < -0.39 is 5.82 Å². The molecule has 2 aliphatic rings. The fourth-order valence-corrected chi connectivity index (χ4v) is 1.61. The summed E-state index contributed by atoms with van der Waals surface area (Å²) >= 11 is 0. The van der Waals surface area contributed by atoms with Crippen molar-refractivity contribution in [3.63, 3.8) is 0 Å². The lowest BCUT2D eigenvalue weighted by Crippen LogP contribution is -1.90. The number of pyridine rings is 1. The third-order valence-electron chi connectivity index (χ3n) is 2.42. The number of H-pyrrole nitrogens is 1. The van der Waals surface area contributed by atoms with Crippen LogP contribution in [0, 0.1) is 12.7 Å². The zero-order valence-corrected chi connectivity index (χ0v) is 8.98. The molecule has 0 saturated heterocycles. The van der Waals surface area contributed by atoms with Crippen molar-refractivity contribution in [1.82, 2.24) is 25.1 Å². The van der Waals surface area contributed by atoms with Crippen molar-refractivity contribution in [3.8, 4) is 22.9 Å². The smallest absolute Gasteiger partial charge is 0.175 e. The van der Waals surface area contributed by atoms with E-state index >= 15 is 0 Å². The van der Waals surface area contributed by atoms with Crippen LogP contribution in [-0.4, -0.2) is 25.1 Å². The molecule has 1 aromatic heterocycles. The molecule has 0 aliphatic carbocycles. The van der Waals surface area contributed by atoms with Gasteiger partial charge in [0.05, 0.1) is 12.4 Å². The molecule has 0 saturated carbocycles. The average Bonchev–Trinajstić information content (AvgIpc) is 2.74. The van der Waals surface area contributed by atoms with E-state index in [0.717, 1.165) is 17.5 Å². The van der Waals surface area contributed by atoms with Gasteiger partial charge in [0.15, 0.2) is 11.6 Å². The first-order valence-corrected chi connectivity index (χ1v) is 5.02. The fraction of sp³-hybridized carbons (Fsp3) is 0.0909. The molecule has 1 aromatic rings. The van der Waals surface area contributed by atoms with E-state index in [1.54, 1.807) is 6.20 Å². The van der Waals surface area contributed by atoms with Crippen molar-refractivity contribution in [1.29, 1.82) is 0 Å². The molecule has 3 rings (SSSR count). The van der Waals surface area contributed by atoms with E-state index in [2.05, 4.69) is 25.1 Å². The summed E-state index contributed by atoms with van der Waals surface area (Å²) in [4.78, 5) is 12.4. The second-order valence-electron chi connectivity index (χ2n) is 3.69. The maximum Gasteiger partial charge on any atom is 0.175 e. The summed E-state index contributed by atoms with van der Waals surface area (Å²) in [6, 6.07) is 1.35. The molecule has 6 heteroatoms. The van der Waals surface area contributed by atoms with Crippen molar-refractivity contribution >= 4 is 0 Å². The fourth-order valence-electron chi connectivity index (χ4n) is 1.61. The Labute approximate surface area is 96.1 Å². The SMILES string of the molecule is Cc1cn[nH]c2nc(-c3cncc(F)c3)nc1-2. The zero-order valence-electron chi connectivity index (χ0n) is 8.98. The predicted octanol–water partition coefficient (Wildman–Crippen LogP) is 1.81. The van der Waals surface area contributed by atoms with Gasteiger partial charge >= 0.3 is 0 Å². The highest BCUT2D eigenvalue weighted by Gasteiger charge is 2.15. The van der Waals surface area contributed by atoms with Gasteiger partial charge in [-0.15, -0.1) is 0 Å². The molecule has 0 atom stereocenters. The molecule has 0 amide bonds. The molecular weight excluding hydrogens is 221 g/mol. The molecule has 1 N–H and O–H groups in total. The van der Waals surface area contributed by atoms with Crippen molar-refractivity contribution < 1.29 is 4.39 Å². The predicted molar refractivity (Wildman–Crippen MR) is 58.7 cm³/mol. The van der Waals surface area contributed by atoms with Crippen molar-refractivity contribution in [2.45, 2.75) is 6.92 Å². The second kappa shape index (κ2) is 3.58. The maximum absolute atomic E-state index is 13.0. The Morgan fingerprint density at radius 1 is 1.18 bits per heavy atom. The lowest BCUT2D eigenvalue weighted by Gasteiger charge is -1.96. The Kier molecular flexibility index (Phi) is 2.07. The molecule has 0 bridgehead atoms. The van der Waals surface area contributed by atoms with Gasteiger partial charge in [0.25, 0.3) is 0 Å². The standard InChI is InChI=1S/C11H8FN5/c1-6-3-14-17-11-9(6)15-10(16-11)7-2-8(12)5-13-4-7/h2-5H,1H3,(H,15,16,17). The van der Waals surface area contributed by atoms with Crippen LogP contribution >= 0.6 is 0 Å². The Hall–Kier alpha value is -2.37. The lowest BCUT2D eigenvalue weighted by molar-refractivity contribution is 0.622. The number of hydrogen-bond donors (Lipinski definition) is 1. The van der Waals surface area contributed by atoms with Crippen LogP contribution in [0.1, 0.15) is 5.56 Å². The van der Waals surface area contributed by atoms with Gasteiger partial charge < -0.3 is 0 Å². The van der Waals surface area contributed by atoms with E-state index in [4.69, 9.17) is 0 Å². The van der Waals surface area contributed by atoms with Crippen LogP contribution in [0.4, 0.5) is 4.39 Å². The lowest BCUT2D eigenvalue weighted by atomic mass is 10.2. The molecule has 2 aliphatic heterocycles. The first-order chi connectivity index (χ1) is 8.24. The minimum absolute atomic E-state index is 0.407. The average molecular weight is 229 g/mol. The van der Waals surface area contributed by atoms with E-state index in [9.17, 15) is 4.39 Å². The van der Waals surface area contributed by atoms with Gasteiger partial charge in [0.2, 0.25) is 0 Å². The molecule has 0 fully saturated rings. The minimum Gasteiger partial charge on any atom is -0.261 e. The molecular formula is C11H8FN5. The Morgan fingerprint density at radius 3 is 2.82 bits per heavy atom. The number of aromatic nitrogens is 5. The zero-order chi connectivity index (χ0) is 11.8. The molecule has 0 aromatic carbocycles. The summed E-state index contributed by atoms with van der Waals surface area (Å²) in [5.74, 6) is 0.624. The van der Waals surface area contributed by atoms with Gasteiger partial charge in [-0.2, -0.15) is 5.10 Å². The number of aromatic amines is 1. The van der Waals surface area contributed by atoms with Crippen LogP contribution in [0.5, 0.6) is 0 Å². The largest absolute Gasteiger partial charge is 0.261 e. The number of halogens is 1. The number of rotatable bonds is 1. The molecule has 17 heavy (non-hydrogen) atoms. The summed E-state index contributed by atoms with van der Waals surface area (Å²) in [5.41, 5.74) is 2.20. The van der Waals surface area contributed by atoms with Crippen LogP contribution in [-0.2, 0) is 0 Å². The first kappa shape index (κ1) is 9.83. The van der Waals surface area contributed by atoms with Gasteiger partial charge in [0, 0.05) is 11.8 Å². The molecule has 0 radical (unpaired) electrons. The van der Waals surface area contributed by atoms with Crippen molar-refractivity contribution in [2.75, 3.05) is 0 Å². The Balaban J connectivity index is 2.19. The van der Waals surface area contributed by atoms with E-state index in [0.29, 0.717) is 17.2 Å². The normalized spacial score (nSPS) is 10.9. The van der Waals surface area contributed by atoms with Gasteiger partial charge in [-0.05, 0) is 18.6 Å². The summed E-state index contributed by atoms with van der Waals surface area (Å²) in [6.07, 6.45) is 4.34. The van der Waals surface area contributed by atoms with Crippen molar-refractivity contribution in [3.05, 3.63) is 36.0 Å². The Bertz CT molecular complexity index is 648. The number of nitrogens with one attached hydrogen (secondary N) is 1. The number of fused-ring (bicyclic) bond motifs is 1. The summed E-state index contributed by atoms with van der Waals surface area (Å²) in [6.45, 7) is 1.89. The maximum atomic E-state index is 13.0. The number of hydrogen-bond acceptors (Lipinski definition) is 4. The van der Waals surface area contributed by atoms with Crippen LogP contribution < -0.4 is 0 Å². The van der Waals surface area contributed by atoms with Gasteiger partial charge in [0.1, 0.15) is 11.5 Å². The van der Waals surface area contributed by atoms with Gasteiger partial charge in [-0.3, -0.25) is 10.1 Å². The van der Waals surface area contributed by atoms with E-state index in [-0.39, 0.29) is 0 Å². The molecule has 3 heterocycles. The minimum atomic E-state index is -0.407. The quantitative estimate of drug-likeness (QED) is 0.691. The summed E-state index contributed by atoms with van der Waals surface area (Å²) in [7, 11) is 0. The highest BCUT2D eigenvalue weighted by atomic mass is 19.1. The van der Waals surface area contributed by atoms with Gasteiger partial charge in [-0.1, -0.05) is 0 Å². The number of imidazole rings is 1. The summed E-state index contributed by atoms with van der Waals surface area (Å²) in [5, 5.41) is 6.68. The van der Waals surface area contributed by atoms with Crippen LogP contribution in [0.15, 0.2) is 24.7 Å². The molecule has 0 unspecified atom stereocenters. The topological polar surface area (TPSA) is 67.3 Å². The number of nitrogens with zero attached hydrogens (tertiary/aromatic N) is 4. The Morgan fingerprint density at radius 2 is 2.06 bits per heavy atom. The highest BCUT2D eigenvalue weighted by molar-refractivity contribution is 5.64. The third-order valence-corrected chi connectivity index (χ3v) is 2.42. The molecule has 84 valence electrons.